The first kappa shape index (κ1) is 12.2. The van der Waals surface area contributed by atoms with Gasteiger partial charge in [0, 0.05) is 5.69 Å². The number of H-pyrrole nitrogens is 1. The van der Waals surface area contributed by atoms with Gasteiger partial charge in [-0.3, -0.25) is 9.78 Å². The zero-order valence-corrected chi connectivity index (χ0v) is 10.1. The summed E-state index contributed by atoms with van der Waals surface area (Å²) in [5.41, 5.74) is 1.68. The van der Waals surface area contributed by atoms with Crippen molar-refractivity contribution in [1.29, 1.82) is 0 Å². The van der Waals surface area contributed by atoms with Crippen LogP contribution >= 0.6 is 0 Å². The van der Waals surface area contributed by atoms with E-state index in [0.29, 0.717) is 0 Å². The molecule has 2 rings (SSSR count). The molecule has 0 unspecified atom stereocenters. The molecule has 0 aliphatic heterocycles. The van der Waals surface area contributed by atoms with Gasteiger partial charge in [-0.2, -0.15) is 4.98 Å². The zero-order chi connectivity index (χ0) is 13.0. The van der Waals surface area contributed by atoms with E-state index >= 15 is 0 Å². The Bertz CT molecular complexity index is 576. The summed E-state index contributed by atoms with van der Waals surface area (Å²) in [7, 11) is 0. The molecular formula is C13H15N3O2. The zero-order valence-electron chi connectivity index (χ0n) is 10.1. The van der Waals surface area contributed by atoms with E-state index in [2.05, 4.69) is 22.2 Å². The van der Waals surface area contributed by atoms with Gasteiger partial charge < -0.3 is 10.4 Å². The maximum absolute atomic E-state index is 11.1. The fourth-order valence-electron chi connectivity index (χ4n) is 1.68. The highest BCUT2D eigenvalue weighted by Gasteiger charge is 2.00. The van der Waals surface area contributed by atoms with E-state index in [0.717, 1.165) is 24.6 Å². The van der Waals surface area contributed by atoms with E-state index in [9.17, 15) is 9.90 Å². The van der Waals surface area contributed by atoms with Crippen LogP contribution in [0.15, 0.2) is 35.1 Å². The molecule has 3 N–H and O–H groups in total. The van der Waals surface area contributed by atoms with Gasteiger partial charge in [-0.15, -0.1) is 0 Å². The van der Waals surface area contributed by atoms with Gasteiger partial charge in [-0.05, 0) is 24.1 Å². The van der Waals surface area contributed by atoms with E-state index in [1.54, 1.807) is 0 Å². The maximum Gasteiger partial charge on any atom is 0.256 e. The average molecular weight is 245 g/mol. The predicted octanol–water partition coefficient (Wildman–Crippen LogP) is 2.17. The smallest absolute Gasteiger partial charge is 0.256 e. The van der Waals surface area contributed by atoms with Crippen LogP contribution in [-0.4, -0.2) is 15.1 Å². The summed E-state index contributed by atoms with van der Waals surface area (Å²) in [6.07, 6.45) is 2.15. The van der Waals surface area contributed by atoms with Gasteiger partial charge in [-0.25, -0.2) is 0 Å². The molecule has 5 heteroatoms. The molecule has 18 heavy (non-hydrogen) atoms. The Kier molecular flexibility index (Phi) is 3.62. The summed E-state index contributed by atoms with van der Waals surface area (Å²) in [6.45, 7) is 2.13. The van der Waals surface area contributed by atoms with E-state index < -0.39 is 5.56 Å². The van der Waals surface area contributed by atoms with Crippen molar-refractivity contribution in [2.24, 2.45) is 0 Å². The molecule has 0 atom stereocenters. The SMILES string of the molecule is CCCc1ccc(Nc2nc(O)cc(=O)[nH]2)cc1. The van der Waals surface area contributed by atoms with Crippen LogP contribution in [0, 0.1) is 0 Å². The Morgan fingerprint density at radius 1 is 1.33 bits per heavy atom. The Labute approximate surface area is 105 Å². The molecule has 0 aliphatic rings. The molecule has 0 radical (unpaired) electrons. The first-order valence-corrected chi connectivity index (χ1v) is 5.83. The van der Waals surface area contributed by atoms with Gasteiger partial charge in [0.05, 0.1) is 6.07 Å². The third-order valence-corrected chi connectivity index (χ3v) is 2.48. The van der Waals surface area contributed by atoms with Crippen molar-refractivity contribution in [2.75, 3.05) is 5.32 Å². The van der Waals surface area contributed by atoms with Crippen molar-refractivity contribution in [3.8, 4) is 5.88 Å². The number of hydrogen-bond acceptors (Lipinski definition) is 4. The Morgan fingerprint density at radius 2 is 2.06 bits per heavy atom. The Hall–Kier alpha value is -2.30. The number of anilines is 2. The quantitative estimate of drug-likeness (QED) is 0.771. The Morgan fingerprint density at radius 3 is 2.67 bits per heavy atom. The Balaban J connectivity index is 2.15. The number of hydrogen-bond donors (Lipinski definition) is 3. The molecule has 5 nitrogen and oxygen atoms in total. The molecule has 0 fully saturated rings. The van der Waals surface area contributed by atoms with Crippen LogP contribution in [-0.2, 0) is 6.42 Å². The lowest BCUT2D eigenvalue weighted by atomic mass is 10.1. The van der Waals surface area contributed by atoms with Gasteiger partial charge in [0.15, 0.2) is 0 Å². The molecule has 1 heterocycles. The second kappa shape index (κ2) is 5.35. The minimum Gasteiger partial charge on any atom is -0.493 e. The number of nitrogens with one attached hydrogen (secondary N) is 2. The minimum atomic E-state index is -0.396. The lowest BCUT2D eigenvalue weighted by molar-refractivity contribution is 0.452. The molecule has 1 aromatic heterocycles. The van der Waals surface area contributed by atoms with Crippen LogP contribution in [0.4, 0.5) is 11.6 Å². The topological polar surface area (TPSA) is 78.0 Å². The first-order chi connectivity index (χ1) is 8.67. The molecule has 94 valence electrons. The van der Waals surface area contributed by atoms with Gasteiger partial charge in [0.1, 0.15) is 0 Å². The van der Waals surface area contributed by atoms with E-state index in [-0.39, 0.29) is 11.8 Å². The van der Waals surface area contributed by atoms with Crippen molar-refractivity contribution in [1.82, 2.24) is 9.97 Å². The highest BCUT2D eigenvalue weighted by Crippen LogP contribution is 2.15. The second-order valence-electron chi connectivity index (χ2n) is 4.02. The second-order valence-corrected chi connectivity index (χ2v) is 4.02. The largest absolute Gasteiger partial charge is 0.493 e. The van der Waals surface area contributed by atoms with Gasteiger partial charge >= 0.3 is 0 Å². The van der Waals surface area contributed by atoms with Crippen molar-refractivity contribution in [3.63, 3.8) is 0 Å². The van der Waals surface area contributed by atoms with Gasteiger partial charge in [0.25, 0.3) is 5.56 Å². The fourth-order valence-corrected chi connectivity index (χ4v) is 1.68. The molecule has 2 aromatic rings. The van der Waals surface area contributed by atoms with Crippen molar-refractivity contribution in [3.05, 3.63) is 46.2 Å². The number of aryl methyl sites for hydroxylation is 1. The van der Waals surface area contributed by atoms with Crippen molar-refractivity contribution >= 4 is 11.6 Å². The molecule has 0 saturated carbocycles. The van der Waals surface area contributed by atoms with Crippen LogP contribution in [0.3, 0.4) is 0 Å². The van der Waals surface area contributed by atoms with Crippen LogP contribution in [0.5, 0.6) is 5.88 Å². The summed E-state index contributed by atoms with van der Waals surface area (Å²) in [6, 6.07) is 8.89. The van der Waals surface area contributed by atoms with Gasteiger partial charge in [-0.1, -0.05) is 25.5 Å². The van der Waals surface area contributed by atoms with E-state index in [1.165, 1.54) is 5.56 Å². The van der Waals surface area contributed by atoms with Crippen LogP contribution < -0.4 is 10.9 Å². The maximum atomic E-state index is 11.1. The number of aromatic amines is 1. The average Bonchev–Trinajstić information content (AvgIpc) is 2.31. The number of rotatable bonds is 4. The molecule has 1 aromatic carbocycles. The third kappa shape index (κ3) is 3.10. The lowest BCUT2D eigenvalue weighted by Crippen LogP contribution is -2.08. The molecular weight excluding hydrogens is 230 g/mol. The number of nitrogens with zero attached hydrogens (tertiary/aromatic N) is 1. The molecule has 0 spiro atoms. The molecule has 0 bridgehead atoms. The van der Waals surface area contributed by atoms with E-state index in [1.807, 2.05) is 24.3 Å². The number of aromatic nitrogens is 2. The molecule has 0 aliphatic carbocycles. The summed E-state index contributed by atoms with van der Waals surface area (Å²) in [5.74, 6) is -0.0768. The minimum absolute atomic E-state index is 0.225. The third-order valence-electron chi connectivity index (χ3n) is 2.48. The predicted molar refractivity (Wildman–Crippen MR) is 70.2 cm³/mol. The van der Waals surface area contributed by atoms with Crippen LogP contribution in [0.1, 0.15) is 18.9 Å². The lowest BCUT2D eigenvalue weighted by Gasteiger charge is -2.06. The van der Waals surface area contributed by atoms with Crippen molar-refractivity contribution < 1.29 is 5.11 Å². The van der Waals surface area contributed by atoms with Crippen LogP contribution in [0.2, 0.25) is 0 Å². The standard InChI is InChI=1S/C13H15N3O2/c1-2-3-9-4-6-10(7-5-9)14-13-15-11(17)8-12(18)16-13/h4-8H,2-3H2,1H3,(H3,14,15,16,17,18). The molecule has 0 saturated heterocycles. The number of benzene rings is 1. The summed E-state index contributed by atoms with van der Waals surface area (Å²) in [5, 5.41) is 12.1. The summed E-state index contributed by atoms with van der Waals surface area (Å²) >= 11 is 0. The summed E-state index contributed by atoms with van der Waals surface area (Å²) < 4.78 is 0. The number of aromatic hydroxyl groups is 1. The van der Waals surface area contributed by atoms with E-state index in [4.69, 9.17) is 0 Å². The van der Waals surface area contributed by atoms with Crippen molar-refractivity contribution in [2.45, 2.75) is 19.8 Å². The highest BCUT2D eigenvalue weighted by molar-refractivity contribution is 5.53. The highest BCUT2D eigenvalue weighted by atomic mass is 16.3. The molecule has 0 amide bonds. The first-order valence-electron chi connectivity index (χ1n) is 5.83. The monoisotopic (exact) mass is 245 g/mol. The normalized spacial score (nSPS) is 10.3. The van der Waals surface area contributed by atoms with Crippen LogP contribution in [0.25, 0.3) is 0 Å². The summed E-state index contributed by atoms with van der Waals surface area (Å²) in [4.78, 5) is 17.4. The fraction of sp³-hybridized carbons (Fsp3) is 0.231. The van der Waals surface area contributed by atoms with Gasteiger partial charge in [0.2, 0.25) is 11.8 Å².